The average molecular weight is 258 g/mol. The normalized spacial score (nSPS) is 24.8. The van der Waals surface area contributed by atoms with E-state index in [9.17, 15) is 4.79 Å². The Balaban J connectivity index is 2.14. The van der Waals surface area contributed by atoms with E-state index in [1.54, 1.807) is 4.68 Å². The Morgan fingerprint density at radius 1 is 1.71 bits per heavy atom. The third-order valence-electron chi connectivity index (χ3n) is 2.69. The van der Waals surface area contributed by atoms with Gasteiger partial charge in [0.15, 0.2) is 0 Å². The molecule has 1 aromatic heterocycles. The van der Waals surface area contributed by atoms with Crippen LogP contribution in [0.15, 0.2) is 5.16 Å². The number of aromatic nitrogens is 4. The van der Waals surface area contributed by atoms with E-state index in [0.29, 0.717) is 11.8 Å². The minimum atomic E-state index is -0.880. The Morgan fingerprint density at radius 3 is 3.18 bits per heavy atom. The van der Waals surface area contributed by atoms with E-state index in [2.05, 4.69) is 15.5 Å². The van der Waals surface area contributed by atoms with Crippen LogP contribution in [-0.2, 0) is 15.1 Å². The molecule has 1 aliphatic heterocycles. The maximum Gasteiger partial charge on any atom is 0.313 e. The van der Waals surface area contributed by atoms with E-state index >= 15 is 0 Å². The molecule has 7 nitrogen and oxygen atoms in total. The molecular formula is C9H14N4O3S. The van der Waals surface area contributed by atoms with Crippen LogP contribution in [0.3, 0.4) is 0 Å². The Labute approximate surface area is 103 Å². The van der Waals surface area contributed by atoms with E-state index in [0.717, 1.165) is 31.2 Å². The first-order valence-corrected chi connectivity index (χ1v) is 6.31. The van der Waals surface area contributed by atoms with Crippen molar-refractivity contribution in [2.24, 2.45) is 0 Å². The number of rotatable bonds is 4. The van der Waals surface area contributed by atoms with Crippen LogP contribution in [0.4, 0.5) is 0 Å². The van der Waals surface area contributed by atoms with Crippen LogP contribution in [0.25, 0.3) is 0 Å². The van der Waals surface area contributed by atoms with Crippen LogP contribution in [0, 0.1) is 0 Å². The van der Waals surface area contributed by atoms with Crippen molar-refractivity contribution < 1.29 is 14.6 Å². The fourth-order valence-corrected chi connectivity index (χ4v) is 2.55. The maximum atomic E-state index is 10.5. The van der Waals surface area contributed by atoms with E-state index in [1.807, 2.05) is 6.92 Å². The van der Waals surface area contributed by atoms with Crippen molar-refractivity contribution in [3.8, 4) is 0 Å². The molecule has 0 amide bonds. The number of carboxylic acids is 1. The quantitative estimate of drug-likeness (QED) is 0.780. The van der Waals surface area contributed by atoms with Crippen LogP contribution in [-0.4, -0.2) is 50.2 Å². The van der Waals surface area contributed by atoms with Crippen LogP contribution in [0.2, 0.25) is 0 Å². The smallest absolute Gasteiger partial charge is 0.313 e. The molecule has 94 valence electrons. The zero-order valence-electron chi connectivity index (χ0n) is 9.50. The summed E-state index contributed by atoms with van der Waals surface area (Å²) >= 11 is 1.13. The van der Waals surface area contributed by atoms with Gasteiger partial charge in [-0.25, -0.2) is 4.68 Å². The minimum absolute atomic E-state index is 0.0443. The van der Waals surface area contributed by atoms with Crippen LogP contribution >= 0.6 is 11.8 Å². The predicted octanol–water partition coefficient (Wildman–Crippen LogP) is 0.375. The van der Waals surface area contributed by atoms with Crippen molar-refractivity contribution in [1.82, 2.24) is 20.2 Å². The molecule has 2 heterocycles. The van der Waals surface area contributed by atoms with Gasteiger partial charge in [0, 0.05) is 6.61 Å². The van der Waals surface area contributed by atoms with E-state index in [1.165, 1.54) is 0 Å². The summed E-state index contributed by atoms with van der Waals surface area (Å²) in [6.45, 7) is 3.33. The van der Waals surface area contributed by atoms with E-state index < -0.39 is 5.97 Å². The molecular weight excluding hydrogens is 244 g/mol. The van der Waals surface area contributed by atoms with E-state index in [-0.39, 0.29) is 11.3 Å². The SMILES string of the molecule is CC1(n2nnnc2SCC(=O)O)CCCOC1. The molecule has 0 bridgehead atoms. The monoisotopic (exact) mass is 258 g/mol. The van der Waals surface area contributed by atoms with Gasteiger partial charge in [0.1, 0.15) is 0 Å². The second kappa shape index (κ2) is 5.01. The van der Waals surface area contributed by atoms with Crippen LogP contribution in [0.5, 0.6) is 0 Å². The van der Waals surface area contributed by atoms with Gasteiger partial charge in [-0.2, -0.15) is 0 Å². The lowest BCUT2D eigenvalue weighted by molar-refractivity contribution is -0.133. The number of aliphatic carboxylic acids is 1. The molecule has 0 aliphatic carbocycles. The lowest BCUT2D eigenvalue weighted by Crippen LogP contribution is -2.40. The summed E-state index contributed by atoms with van der Waals surface area (Å²) in [5.41, 5.74) is -0.275. The predicted molar refractivity (Wildman–Crippen MR) is 59.9 cm³/mol. The third kappa shape index (κ3) is 2.75. The first-order chi connectivity index (χ1) is 8.12. The van der Waals surface area contributed by atoms with Crippen molar-refractivity contribution >= 4 is 17.7 Å². The van der Waals surface area contributed by atoms with Gasteiger partial charge in [-0.15, -0.1) is 5.10 Å². The molecule has 1 unspecified atom stereocenters. The second-order valence-corrected chi connectivity index (χ2v) is 5.15. The number of carboxylic acid groups (broad SMARTS) is 1. The van der Waals surface area contributed by atoms with Gasteiger partial charge < -0.3 is 9.84 Å². The minimum Gasteiger partial charge on any atom is -0.481 e. The van der Waals surface area contributed by atoms with Crippen LogP contribution in [0.1, 0.15) is 19.8 Å². The van der Waals surface area contributed by atoms with Crippen molar-refractivity contribution in [2.75, 3.05) is 19.0 Å². The largest absolute Gasteiger partial charge is 0.481 e. The molecule has 1 N–H and O–H groups in total. The summed E-state index contributed by atoms with van der Waals surface area (Å²) in [4.78, 5) is 10.5. The van der Waals surface area contributed by atoms with E-state index in [4.69, 9.17) is 9.84 Å². The highest BCUT2D eigenvalue weighted by Crippen LogP contribution is 2.29. The van der Waals surface area contributed by atoms with Gasteiger partial charge in [0.05, 0.1) is 17.9 Å². The summed E-state index contributed by atoms with van der Waals surface area (Å²) in [6, 6.07) is 0. The number of hydrogen-bond donors (Lipinski definition) is 1. The molecule has 1 fully saturated rings. The van der Waals surface area contributed by atoms with Gasteiger partial charge in [-0.05, 0) is 30.2 Å². The van der Waals surface area contributed by atoms with Crippen molar-refractivity contribution in [1.29, 1.82) is 0 Å². The molecule has 1 saturated heterocycles. The highest BCUT2D eigenvalue weighted by Gasteiger charge is 2.33. The van der Waals surface area contributed by atoms with Crippen molar-refractivity contribution in [3.05, 3.63) is 0 Å². The van der Waals surface area contributed by atoms with Crippen LogP contribution < -0.4 is 0 Å². The lowest BCUT2D eigenvalue weighted by atomic mass is 9.95. The van der Waals surface area contributed by atoms with Gasteiger partial charge in [-0.3, -0.25) is 4.79 Å². The first-order valence-electron chi connectivity index (χ1n) is 5.33. The first kappa shape index (κ1) is 12.3. The zero-order chi connectivity index (χ0) is 12.3. The molecule has 17 heavy (non-hydrogen) atoms. The molecule has 2 rings (SSSR count). The fourth-order valence-electron chi connectivity index (χ4n) is 1.82. The third-order valence-corrected chi connectivity index (χ3v) is 3.60. The summed E-state index contributed by atoms with van der Waals surface area (Å²) in [7, 11) is 0. The lowest BCUT2D eigenvalue weighted by Gasteiger charge is -2.33. The second-order valence-electron chi connectivity index (χ2n) is 4.21. The maximum absolute atomic E-state index is 10.5. The molecule has 8 heteroatoms. The Morgan fingerprint density at radius 2 is 2.53 bits per heavy atom. The molecule has 0 aromatic carbocycles. The molecule has 0 radical (unpaired) electrons. The number of nitrogens with zero attached hydrogens (tertiary/aromatic N) is 4. The Kier molecular flexibility index (Phi) is 3.63. The topological polar surface area (TPSA) is 90.1 Å². The van der Waals surface area contributed by atoms with Gasteiger partial charge in [0.25, 0.3) is 0 Å². The Bertz CT molecular complexity index is 403. The number of carbonyl (C=O) groups is 1. The van der Waals surface area contributed by atoms with Crippen molar-refractivity contribution in [2.45, 2.75) is 30.5 Å². The molecule has 1 aromatic rings. The number of thioether (sulfide) groups is 1. The highest BCUT2D eigenvalue weighted by atomic mass is 32.2. The van der Waals surface area contributed by atoms with Gasteiger partial charge in [-0.1, -0.05) is 11.8 Å². The number of ether oxygens (including phenoxy) is 1. The molecule has 0 spiro atoms. The van der Waals surface area contributed by atoms with Crippen molar-refractivity contribution in [3.63, 3.8) is 0 Å². The number of hydrogen-bond acceptors (Lipinski definition) is 6. The summed E-state index contributed by atoms with van der Waals surface area (Å²) in [6.07, 6.45) is 1.89. The average Bonchev–Trinajstić information content (AvgIpc) is 2.76. The molecule has 1 atom stereocenters. The summed E-state index contributed by atoms with van der Waals surface area (Å²) in [5, 5.41) is 20.6. The number of tetrazole rings is 1. The van der Waals surface area contributed by atoms with Gasteiger partial charge in [0.2, 0.25) is 5.16 Å². The summed E-state index contributed by atoms with van der Waals surface area (Å²) in [5.74, 6) is -0.924. The molecule has 0 saturated carbocycles. The standard InChI is InChI=1S/C9H14N4O3S/c1-9(3-2-4-16-6-9)13-8(10-11-12-13)17-5-7(14)15/h2-6H2,1H3,(H,14,15). The fraction of sp³-hybridized carbons (Fsp3) is 0.778. The summed E-state index contributed by atoms with van der Waals surface area (Å²) < 4.78 is 7.13. The van der Waals surface area contributed by atoms with Gasteiger partial charge >= 0.3 is 5.97 Å². The Hall–Kier alpha value is -1.15. The zero-order valence-corrected chi connectivity index (χ0v) is 10.3. The molecule has 1 aliphatic rings. The highest BCUT2D eigenvalue weighted by molar-refractivity contribution is 7.99.